The molecule has 0 spiro atoms. The summed E-state index contributed by atoms with van der Waals surface area (Å²) in [5.41, 5.74) is 0.659. The molecule has 0 N–H and O–H groups in total. The fraction of sp³-hybridized carbons (Fsp3) is 0.444. The van der Waals surface area contributed by atoms with Gasteiger partial charge in [-0.15, -0.1) is 0 Å². The minimum atomic E-state index is -0.511. The molecule has 0 unspecified atom stereocenters. The Balaban J connectivity index is 1.81. The monoisotopic (exact) mass is 451 g/mol. The van der Waals surface area contributed by atoms with Crippen LogP contribution in [0.5, 0.6) is 17.2 Å². The Morgan fingerprint density at radius 3 is 2.27 bits per heavy atom. The van der Waals surface area contributed by atoms with Gasteiger partial charge in [-0.3, -0.25) is 0 Å². The van der Waals surface area contributed by atoms with E-state index in [0.29, 0.717) is 11.5 Å². The molecule has 3 aromatic rings. The molecule has 176 valence electrons. The number of rotatable bonds is 5. The Morgan fingerprint density at radius 2 is 1.64 bits per heavy atom. The number of fused-ring (bicyclic) bond motifs is 3. The Bertz CT molecular complexity index is 1180. The van der Waals surface area contributed by atoms with Crippen molar-refractivity contribution in [3.8, 4) is 17.2 Å². The number of benzene rings is 3. The van der Waals surface area contributed by atoms with Gasteiger partial charge in [-0.1, -0.05) is 12.1 Å². The van der Waals surface area contributed by atoms with Gasteiger partial charge in [0.2, 0.25) is 0 Å². The quantitative estimate of drug-likeness (QED) is 0.448. The Morgan fingerprint density at radius 1 is 0.939 bits per heavy atom. The SMILES string of the molecule is COc1ccc2cc(C[C@H]3CCCN3C(=O)OC(C)(C)C)c3cc(OC)c(OC)cc3c2c1. The van der Waals surface area contributed by atoms with Crippen LogP contribution >= 0.6 is 0 Å². The van der Waals surface area contributed by atoms with Gasteiger partial charge in [-0.25, -0.2) is 4.79 Å². The van der Waals surface area contributed by atoms with Crippen LogP contribution in [0.1, 0.15) is 39.2 Å². The highest BCUT2D eigenvalue weighted by molar-refractivity contribution is 6.10. The predicted octanol–water partition coefficient (Wildman–Crippen LogP) is 5.96. The van der Waals surface area contributed by atoms with E-state index >= 15 is 0 Å². The highest BCUT2D eigenvalue weighted by atomic mass is 16.6. The second-order valence-corrected chi connectivity index (χ2v) is 9.55. The summed E-state index contributed by atoms with van der Waals surface area (Å²) in [4.78, 5) is 14.7. The minimum absolute atomic E-state index is 0.0897. The lowest BCUT2D eigenvalue weighted by molar-refractivity contribution is 0.0227. The van der Waals surface area contributed by atoms with Crippen molar-refractivity contribution in [1.29, 1.82) is 0 Å². The number of amides is 1. The van der Waals surface area contributed by atoms with Crippen LogP contribution in [0.3, 0.4) is 0 Å². The molecule has 0 bridgehead atoms. The number of hydrogen-bond donors (Lipinski definition) is 0. The van der Waals surface area contributed by atoms with Crippen LogP contribution in [0, 0.1) is 0 Å². The molecule has 6 heteroatoms. The van der Waals surface area contributed by atoms with Gasteiger partial charge in [0.15, 0.2) is 11.5 Å². The lowest BCUT2D eigenvalue weighted by Gasteiger charge is -2.29. The first-order valence-electron chi connectivity index (χ1n) is 11.4. The summed E-state index contributed by atoms with van der Waals surface area (Å²) < 4.78 is 22.4. The number of carbonyl (C=O) groups excluding carboxylic acids is 1. The van der Waals surface area contributed by atoms with Crippen molar-refractivity contribution in [2.45, 2.75) is 51.7 Å². The maximum atomic E-state index is 12.8. The summed E-state index contributed by atoms with van der Waals surface area (Å²) >= 11 is 0. The molecule has 33 heavy (non-hydrogen) atoms. The summed E-state index contributed by atoms with van der Waals surface area (Å²) in [6.07, 6.45) is 2.44. The molecule has 0 radical (unpaired) electrons. The zero-order valence-electron chi connectivity index (χ0n) is 20.4. The molecule has 1 aliphatic heterocycles. The average Bonchev–Trinajstić information content (AvgIpc) is 3.25. The molecule has 0 aliphatic carbocycles. The molecule has 1 fully saturated rings. The van der Waals surface area contributed by atoms with Gasteiger partial charge in [0.05, 0.1) is 21.3 Å². The van der Waals surface area contributed by atoms with Crippen molar-refractivity contribution in [3.63, 3.8) is 0 Å². The first-order valence-corrected chi connectivity index (χ1v) is 11.4. The molecule has 0 aromatic heterocycles. The molecule has 4 rings (SSSR count). The van der Waals surface area contributed by atoms with Gasteiger partial charge in [0, 0.05) is 12.6 Å². The average molecular weight is 452 g/mol. The third kappa shape index (κ3) is 4.65. The summed E-state index contributed by atoms with van der Waals surface area (Å²) in [6, 6.07) is 12.5. The van der Waals surface area contributed by atoms with E-state index in [1.807, 2.05) is 43.9 Å². The normalized spacial score (nSPS) is 16.3. The van der Waals surface area contributed by atoms with Crippen molar-refractivity contribution >= 4 is 27.6 Å². The van der Waals surface area contributed by atoms with Crippen LogP contribution < -0.4 is 14.2 Å². The van der Waals surface area contributed by atoms with Gasteiger partial charge >= 0.3 is 6.09 Å². The first-order chi connectivity index (χ1) is 15.7. The molecular formula is C27H33NO5. The molecule has 6 nitrogen and oxygen atoms in total. The van der Waals surface area contributed by atoms with Gasteiger partial charge in [0.25, 0.3) is 0 Å². The highest BCUT2D eigenvalue weighted by Gasteiger charge is 2.32. The topological polar surface area (TPSA) is 57.2 Å². The summed E-state index contributed by atoms with van der Waals surface area (Å²) in [7, 11) is 4.97. The fourth-order valence-corrected chi connectivity index (χ4v) is 4.69. The van der Waals surface area contributed by atoms with E-state index in [2.05, 4.69) is 18.2 Å². The number of methoxy groups -OCH3 is 3. The highest BCUT2D eigenvalue weighted by Crippen LogP contribution is 2.39. The molecular weight excluding hydrogens is 418 g/mol. The largest absolute Gasteiger partial charge is 0.497 e. The first kappa shape index (κ1) is 23.0. The molecule has 1 saturated heterocycles. The molecule has 3 aromatic carbocycles. The molecule has 1 atom stereocenters. The van der Waals surface area contributed by atoms with E-state index in [4.69, 9.17) is 18.9 Å². The van der Waals surface area contributed by atoms with Crippen LogP contribution in [-0.2, 0) is 11.2 Å². The molecule has 1 aliphatic rings. The van der Waals surface area contributed by atoms with Crippen molar-refractivity contribution in [3.05, 3.63) is 42.0 Å². The zero-order valence-corrected chi connectivity index (χ0v) is 20.4. The standard InChI is InChI=1S/C27H33NO5/c1-27(2,3)33-26(29)28-11-7-8-19(28)13-18-12-17-9-10-20(30-4)14-21(17)23-16-25(32-6)24(31-5)15-22(18)23/h9-10,12,14-16,19H,7-8,11,13H2,1-6H3/t19-/m1/s1. The van der Waals surface area contributed by atoms with Gasteiger partial charge in [-0.2, -0.15) is 0 Å². The Hall–Kier alpha value is -3.15. The number of likely N-dealkylation sites (tertiary alicyclic amines) is 1. The van der Waals surface area contributed by atoms with E-state index < -0.39 is 5.60 Å². The third-order valence-corrected chi connectivity index (χ3v) is 6.21. The molecule has 0 saturated carbocycles. The zero-order chi connectivity index (χ0) is 23.8. The van der Waals surface area contributed by atoms with E-state index in [1.165, 1.54) is 5.56 Å². The number of ether oxygens (including phenoxy) is 4. The summed E-state index contributed by atoms with van der Waals surface area (Å²) in [5.74, 6) is 2.17. The van der Waals surface area contributed by atoms with E-state index in [-0.39, 0.29) is 12.1 Å². The summed E-state index contributed by atoms with van der Waals surface area (Å²) in [6.45, 7) is 6.43. The van der Waals surface area contributed by atoms with Crippen molar-refractivity contribution in [2.75, 3.05) is 27.9 Å². The fourth-order valence-electron chi connectivity index (χ4n) is 4.69. The predicted molar refractivity (Wildman–Crippen MR) is 131 cm³/mol. The van der Waals surface area contributed by atoms with Gasteiger partial charge in [0.1, 0.15) is 11.4 Å². The second-order valence-electron chi connectivity index (χ2n) is 9.55. The van der Waals surface area contributed by atoms with Crippen LogP contribution in [-0.4, -0.2) is 50.5 Å². The molecule has 1 heterocycles. The van der Waals surface area contributed by atoms with Crippen molar-refractivity contribution in [1.82, 2.24) is 4.90 Å². The van der Waals surface area contributed by atoms with Gasteiger partial charge < -0.3 is 23.8 Å². The lowest BCUT2D eigenvalue weighted by atomic mass is 9.92. The maximum absolute atomic E-state index is 12.8. The van der Waals surface area contributed by atoms with E-state index in [1.54, 1.807) is 21.3 Å². The number of carbonyl (C=O) groups is 1. The second kappa shape index (κ2) is 9.00. The lowest BCUT2D eigenvalue weighted by Crippen LogP contribution is -2.40. The van der Waals surface area contributed by atoms with Crippen LogP contribution in [0.4, 0.5) is 4.79 Å². The minimum Gasteiger partial charge on any atom is -0.497 e. The van der Waals surface area contributed by atoms with Crippen molar-refractivity contribution in [2.24, 2.45) is 0 Å². The maximum Gasteiger partial charge on any atom is 0.410 e. The Kier molecular flexibility index (Phi) is 6.28. The third-order valence-electron chi connectivity index (χ3n) is 6.21. The smallest absolute Gasteiger partial charge is 0.410 e. The molecule has 1 amide bonds. The van der Waals surface area contributed by atoms with E-state index in [9.17, 15) is 4.79 Å². The van der Waals surface area contributed by atoms with Crippen molar-refractivity contribution < 1.29 is 23.7 Å². The van der Waals surface area contributed by atoms with Crippen LogP contribution in [0.2, 0.25) is 0 Å². The van der Waals surface area contributed by atoms with Crippen LogP contribution in [0.15, 0.2) is 36.4 Å². The summed E-state index contributed by atoms with van der Waals surface area (Å²) in [5, 5.41) is 4.36. The van der Waals surface area contributed by atoms with E-state index in [0.717, 1.165) is 53.1 Å². The Labute approximate surface area is 195 Å². The number of hydrogen-bond acceptors (Lipinski definition) is 5. The number of nitrogens with zero attached hydrogens (tertiary/aromatic N) is 1. The van der Waals surface area contributed by atoms with Gasteiger partial charge in [-0.05, 0) is 91.4 Å². The van der Waals surface area contributed by atoms with Crippen LogP contribution in [0.25, 0.3) is 21.5 Å².